The highest BCUT2D eigenvalue weighted by atomic mass is 16.5. The number of likely N-dealkylation sites (N-methyl/N-ethyl adjacent to an activating group) is 1. The van der Waals surface area contributed by atoms with Crippen LogP contribution in [-0.4, -0.2) is 42.7 Å². The maximum absolute atomic E-state index is 6.11. The van der Waals surface area contributed by atoms with E-state index in [4.69, 9.17) is 10.5 Å². The molecule has 0 radical (unpaired) electrons. The monoisotopic (exact) mass is 239 g/mol. The molecule has 1 saturated carbocycles. The summed E-state index contributed by atoms with van der Waals surface area (Å²) in [4.78, 5) is 6.82. The first-order chi connectivity index (χ1) is 8.29. The molecule has 2 rings (SSSR count). The van der Waals surface area contributed by atoms with Crippen LogP contribution in [-0.2, 0) is 4.74 Å². The van der Waals surface area contributed by atoms with Crippen LogP contribution in [0.4, 0.5) is 0 Å². The fourth-order valence-electron chi connectivity index (χ4n) is 2.72. The van der Waals surface area contributed by atoms with Crippen LogP contribution >= 0.6 is 0 Å². The fourth-order valence-corrected chi connectivity index (χ4v) is 2.72. The third-order valence-corrected chi connectivity index (χ3v) is 3.79. The van der Waals surface area contributed by atoms with E-state index < -0.39 is 0 Å². The molecule has 17 heavy (non-hydrogen) atoms. The van der Waals surface area contributed by atoms with Crippen molar-refractivity contribution in [3.63, 3.8) is 0 Å². The van der Waals surface area contributed by atoms with Gasteiger partial charge in [0.1, 0.15) is 0 Å². The third-order valence-electron chi connectivity index (χ3n) is 3.79. The van der Waals surface area contributed by atoms with Crippen LogP contribution in [0.3, 0.4) is 0 Å². The average Bonchev–Trinajstić information content (AvgIpc) is 2.97. The standard InChI is InChI=1S/C13H25N3O/c1-2-16(10-12-8-5-9-17-12)13(14)15-11-6-3-4-7-11/h11-12H,2-10H2,1H3,(H2,14,15). The maximum atomic E-state index is 6.11. The van der Waals surface area contributed by atoms with E-state index in [0.717, 1.165) is 32.1 Å². The van der Waals surface area contributed by atoms with Gasteiger partial charge in [-0.1, -0.05) is 12.8 Å². The minimum Gasteiger partial charge on any atom is -0.376 e. The molecule has 98 valence electrons. The molecule has 0 aromatic rings. The molecule has 2 N–H and O–H groups in total. The lowest BCUT2D eigenvalue weighted by atomic mass is 10.2. The van der Waals surface area contributed by atoms with Gasteiger partial charge in [-0.05, 0) is 32.6 Å². The molecule has 1 aliphatic carbocycles. The van der Waals surface area contributed by atoms with Gasteiger partial charge in [0.25, 0.3) is 0 Å². The van der Waals surface area contributed by atoms with Crippen LogP contribution in [0.2, 0.25) is 0 Å². The van der Waals surface area contributed by atoms with E-state index in [9.17, 15) is 0 Å². The normalized spacial score (nSPS) is 26.6. The van der Waals surface area contributed by atoms with Crippen molar-refractivity contribution in [2.75, 3.05) is 19.7 Å². The second kappa shape index (κ2) is 6.24. The predicted octanol–water partition coefficient (Wildman–Crippen LogP) is 1.74. The molecule has 1 heterocycles. The minimum atomic E-state index is 0.354. The second-order valence-electron chi connectivity index (χ2n) is 5.10. The largest absolute Gasteiger partial charge is 0.376 e. The quantitative estimate of drug-likeness (QED) is 0.600. The minimum absolute atomic E-state index is 0.354. The molecule has 1 unspecified atom stereocenters. The summed E-state index contributed by atoms with van der Waals surface area (Å²) in [6.45, 7) is 4.86. The van der Waals surface area contributed by atoms with Crippen molar-refractivity contribution in [2.45, 2.75) is 57.6 Å². The van der Waals surface area contributed by atoms with E-state index in [1.165, 1.54) is 32.1 Å². The number of guanidine groups is 1. The van der Waals surface area contributed by atoms with Crippen molar-refractivity contribution in [1.82, 2.24) is 4.90 Å². The zero-order chi connectivity index (χ0) is 12.1. The Labute approximate surface area is 104 Å². The van der Waals surface area contributed by atoms with Crippen LogP contribution in [0.25, 0.3) is 0 Å². The van der Waals surface area contributed by atoms with Crippen molar-refractivity contribution >= 4 is 5.96 Å². The van der Waals surface area contributed by atoms with Crippen LogP contribution in [0.5, 0.6) is 0 Å². The lowest BCUT2D eigenvalue weighted by Gasteiger charge is -2.25. The first kappa shape index (κ1) is 12.7. The van der Waals surface area contributed by atoms with Gasteiger partial charge in [0.2, 0.25) is 0 Å². The number of ether oxygens (including phenoxy) is 1. The van der Waals surface area contributed by atoms with Gasteiger partial charge in [0.15, 0.2) is 5.96 Å². The lowest BCUT2D eigenvalue weighted by molar-refractivity contribution is 0.0919. The summed E-state index contributed by atoms with van der Waals surface area (Å²) in [7, 11) is 0. The molecule has 4 heteroatoms. The van der Waals surface area contributed by atoms with E-state index in [2.05, 4.69) is 16.8 Å². The Kier molecular flexibility index (Phi) is 4.66. The van der Waals surface area contributed by atoms with Crippen molar-refractivity contribution in [1.29, 1.82) is 0 Å². The summed E-state index contributed by atoms with van der Waals surface area (Å²) in [5, 5.41) is 0. The fraction of sp³-hybridized carbons (Fsp3) is 0.923. The number of nitrogens with two attached hydrogens (primary N) is 1. The Morgan fingerprint density at radius 2 is 2.06 bits per heavy atom. The van der Waals surface area contributed by atoms with Gasteiger partial charge < -0.3 is 15.4 Å². The van der Waals surface area contributed by atoms with Crippen LogP contribution in [0.1, 0.15) is 45.4 Å². The molecule has 2 fully saturated rings. The highest BCUT2D eigenvalue weighted by molar-refractivity contribution is 5.78. The highest BCUT2D eigenvalue weighted by Gasteiger charge is 2.21. The number of hydrogen-bond acceptors (Lipinski definition) is 2. The molecule has 4 nitrogen and oxygen atoms in total. The van der Waals surface area contributed by atoms with Crippen LogP contribution < -0.4 is 5.73 Å². The smallest absolute Gasteiger partial charge is 0.191 e. The molecule has 0 bridgehead atoms. The first-order valence-electron chi connectivity index (χ1n) is 6.99. The Morgan fingerprint density at radius 1 is 1.29 bits per heavy atom. The van der Waals surface area contributed by atoms with Crippen LogP contribution in [0, 0.1) is 0 Å². The lowest BCUT2D eigenvalue weighted by Crippen LogP contribution is -2.42. The SMILES string of the molecule is CCN(CC1CCCO1)C(N)=NC1CCCC1. The topological polar surface area (TPSA) is 50.9 Å². The predicted molar refractivity (Wildman–Crippen MR) is 70.1 cm³/mol. The van der Waals surface area contributed by atoms with Crippen molar-refractivity contribution in [3.05, 3.63) is 0 Å². The molecule has 0 spiro atoms. The summed E-state index contributed by atoms with van der Waals surface area (Å²) in [6, 6.07) is 0.466. The van der Waals surface area contributed by atoms with Gasteiger partial charge in [0, 0.05) is 19.7 Å². The number of nitrogens with zero attached hydrogens (tertiary/aromatic N) is 2. The number of hydrogen-bond donors (Lipinski definition) is 1. The summed E-state index contributed by atoms with van der Waals surface area (Å²) in [5.41, 5.74) is 6.11. The molecular formula is C13H25N3O. The summed E-state index contributed by atoms with van der Waals surface area (Å²) >= 11 is 0. The van der Waals surface area contributed by atoms with E-state index >= 15 is 0 Å². The molecule has 1 atom stereocenters. The van der Waals surface area contributed by atoms with E-state index in [1.54, 1.807) is 0 Å². The molecule has 1 aliphatic heterocycles. The summed E-state index contributed by atoms with van der Waals surface area (Å²) < 4.78 is 5.65. The zero-order valence-corrected chi connectivity index (χ0v) is 10.9. The van der Waals surface area contributed by atoms with E-state index in [1.807, 2.05) is 0 Å². The van der Waals surface area contributed by atoms with Crippen molar-refractivity contribution < 1.29 is 4.74 Å². The second-order valence-corrected chi connectivity index (χ2v) is 5.10. The van der Waals surface area contributed by atoms with Gasteiger partial charge in [-0.15, -0.1) is 0 Å². The zero-order valence-electron chi connectivity index (χ0n) is 10.9. The van der Waals surface area contributed by atoms with Crippen molar-refractivity contribution in [3.8, 4) is 0 Å². The summed E-state index contributed by atoms with van der Waals surface area (Å²) in [6.07, 6.45) is 7.72. The molecule has 0 amide bonds. The highest BCUT2D eigenvalue weighted by Crippen LogP contribution is 2.21. The average molecular weight is 239 g/mol. The Morgan fingerprint density at radius 3 is 2.65 bits per heavy atom. The van der Waals surface area contributed by atoms with Crippen LogP contribution in [0.15, 0.2) is 4.99 Å². The van der Waals surface area contributed by atoms with Crippen molar-refractivity contribution in [2.24, 2.45) is 10.7 Å². The van der Waals surface area contributed by atoms with E-state index in [-0.39, 0.29) is 0 Å². The molecule has 0 aromatic carbocycles. The number of aliphatic imine (C=N–C) groups is 1. The first-order valence-corrected chi connectivity index (χ1v) is 6.99. The van der Waals surface area contributed by atoms with Gasteiger partial charge in [-0.3, -0.25) is 0 Å². The Hall–Kier alpha value is -0.770. The Balaban J connectivity index is 1.86. The van der Waals surface area contributed by atoms with Gasteiger partial charge >= 0.3 is 0 Å². The third kappa shape index (κ3) is 3.60. The Bertz CT molecular complexity index is 255. The van der Waals surface area contributed by atoms with Gasteiger partial charge in [0.05, 0.1) is 12.1 Å². The molecular weight excluding hydrogens is 214 g/mol. The number of rotatable bonds is 4. The van der Waals surface area contributed by atoms with Gasteiger partial charge in [-0.25, -0.2) is 4.99 Å². The molecule has 0 aromatic heterocycles. The molecule has 1 saturated heterocycles. The van der Waals surface area contributed by atoms with E-state index in [0.29, 0.717) is 12.1 Å². The van der Waals surface area contributed by atoms with Gasteiger partial charge in [-0.2, -0.15) is 0 Å². The summed E-state index contributed by atoms with van der Waals surface area (Å²) in [5.74, 6) is 0.718. The molecule has 2 aliphatic rings. The maximum Gasteiger partial charge on any atom is 0.191 e.